The van der Waals surface area contributed by atoms with Crippen molar-refractivity contribution in [3.05, 3.63) is 59.7 Å². The van der Waals surface area contributed by atoms with Crippen LogP contribution < -0.4 is 32.4 Å². The van der Waals surface area contributed by atoms with E-state index in [2.05, 4.69) is 14.5 Å². The van der Waals surface area contributed by atoms with Crippen molar-refractivity contribution < 1.29 is 38.1 Å². The monoisotopic (exact) mass is 543 g/mol. The zero-order valence-electron chi connectivity index (χ0n) is 21.8. The Kier molecular flexibility index (Phi) is 11.2. The van der Waals surface area contributed by atoms with Crippen LogP contribution in [0.15, 0.2) is 53.5 Å². The first kappa shape index (κ1) is 30.6. The zero-order valence-corrected chi connectivity index (χ0v) is 21.8. The van der Waals surface area contributed by atoms with E-state index in [1.54, 1.807) is 48.5 Å². The number of benzene rings is 2. The molecule has 0 aliphatic rings. The van der Waals surface area contributed by atoms with Gasteiger partial charge in [-0.1, -0.05) is 24.3 Å². The fourth-order valence-electron chi connectivity index (χ4n) is 3.60. The van der Waals surface area contributed by atoms with Gasteiger partial charge in [-0.2, -0.15) is 0 Å². The van der Waals surface area contributed by atoms with Crippen LogP contribution in [-0.4, -0.2) is 69.1 Å². The van der Waals surface area contributed by atoms with Crippen LogP contribution in [0.1, 0.15) is 29.9 Å². The first-order valence-electron chi connectivity index (χ1n) is 11.8. The number of nitrogens with two attached hydrogens (primary N) is 4. The molecule has 0 saturated heterocycles. The summed E-state index contributed by atoms with van der Waals surface area (Å²) in [4.78, 5) is 53.0. The van der Waals surface area contributed by atoms with Gasteiger partial charge in [-0.25, -0.2) is 9.59 Å². The van der Waals surface area contributed by atoms with E-state index >= 15 is 0 Å². The highest BCUT2D eigenvalue weighted by Crippen LogP contribution is 2.33. The topological polar surface area (TPSA) is 222 Å². The molecule has 1 atom stereocenters. The lowest BCUT2D eigenvalue weighted by molar-refractivity contribution is -0.143. The highest BCUT2D eigenvalue weighted by molar-refractivity contribution is 6.13. The third-order valence-electron chi connectivity index (χ3n) is 5.76. The number of esters is 2. The molecule has 0 aliphatic heterocycles. The van der Waals surface area contributed by atoms with E-state index in [0.717, 1.165) is 0 Å². The number of ketones is 1. The number of ether oxygens (including phenoxy) is 4. The van der Waals surface area contributed by atoms with E-state index in [4.69, 9.17) is 32.4 Å². The maximum absolute atomic E-state index is 13.9. The fourth-order valence-corrected chi connectivity index (χ4v) is 3.60. The normalized spacial score (nSPS) is 12.1. The van der Waals surface area contributed by atoms with E-state index < -0.39 is 35.1 Å². The van der Waals surface area contributed by atoms with Gasteiger partial charge in [-0.15, -0.1) is 0 Å². The molecule has 13 heteroatoms. The molecule has 0 bridgehead atoms. The SMILES string of the molecule is COC(=O)COc1ccc(C(C(=O)[C@](N)(CCCN=C(N)N)C(N)=O)c2ccc(OCC(=O)OC)cc2)cc1. The molecular formula is C26H33N5O8. The Hall–Kier alpha value is -4.65. The van der Waals surface area contributed by atoms with Gasteiger partial charge in [0.05, 0.1) is 20.1 Å². The largest absolute Gasteiger partial charge is 0.482 e. The summed E-state index contributed by atoms with van der Waals surface area (Å²) >= 11 is 0. The molecule has 0 heterocycles. The molecule has 0 fully saturated rings. The third-order valence-corrected chi connectivity index (χ3v) is 5.76. The predicted octanol–water partition coefficient (Wildman–Crippen LogP) is -0.272. The number of carbonyl (C=O) groups excluding carboxylic acids is 4. The van der Waals surface area contributed by atoms with Crippen LogP contribution in [0, 0.1) is 0 Å². The van der Waals surface area contributed by atoms with E-state index in [1.165, 1.54) is 14.2 Å². The average molecular weight is 544 g/mol. The number of aliphatic imine (C=N–C) groups is 1. The lowest BCUT2D eigenvalue weighted by Crippen LogP contribution is -2.59. The number of guanidine groups is 1. The summed E-state index contributed by atoms with van der Waals surface area (Å²) < 4.78 is 19.9. The summed E-state index contributed by atoms with van der Waals surface area (Å²) in [6, 6.07) is 12.7. The smallest absolute Gasteiger partial charge is 0.343 e. The number of nitrogens with zero attached hydrogens (tertiary/aromatic N) is 1. The summed E-state index contributed by atoms with van der Waals surface area (Å²) in [6.07, 6.45) is 0.117. The van der Waals surface area contributed by atoms with Crippen LogP contribution in [0.2, 0.25) is 0 Å². The number of hydrogen-bond acceptors (Lipinski definition) is 10. The minimum atomic E-state index is -2.04. The second kappa shape index (κ2) is 14.3. The van der Waals surface area contributed by atoms with Crippen molar-refractivity contribution in [1.82, 2.24) is 0 Å². The number of Topliss-reactive ketones (excluding diaryl/α,β-unsaturated/α-hetero) is 1. The van der Waals surface area contributed by atoms with Gasteiger partial charge in [0.25, 0.3) is 0 Å². The Morgan fingerprint density at radius 2 is 1.23 bits per heavy atom. The van der Waals surface area contributed by atoms with Gasteiger partial charge in [-0.05, 0) is 48.2 Å². The minimum Gasteiger partial charge on any atom is -0.482 e. The molecule has 0 saturated carbocycles. The molecule has 2 rings (SSSR count). The van der Waals surface area contributed by atoms with Crippen molar-refractivity contribution in [2.75, 3.05) is 34.0 Å². The van der Waals surface area contributed by atoms with Crippen LogP contribution in [0.5, 0.6) is 11.5 Å². The highest BCUT2D eigenvalue weighted by Gasteiger charge is 2.44. The van der Waals surface area contributed by atoms with Crippen LogP contribution in [0.3, 0.4) is 0 Å². The van der Waals surface area contributed by atoms with Gasteiger partial charge in [-0.3, -0.25) is 14.6 Å². The summed E-state index contributed by atoms with van der Waals surface area (Å²) in [5, 5.41) is 0. The zero-order chi connectivity index (χ0) is 29.0. The Balaban J connectivity index is 2.42. The van der Waals surface area contributed by atoms with Crippen LogP contribution in [0.4, 0.5) is 0 Å². The second-order valence-electron chi connectivity index (χ2n) is 8.41. The number of rotatable bonds is 15. The Bertz CT molecular complexity index is 1120. The number of hydrogen-bond donors (Lipinski definition) is 4. The molecule has 0 aliphatic carbocycles. The van der Waals surface area contributed by atoms with Gasteiger partial charge in [0, 0.05) is 6.54 Å². The maximum Gasteiger partial charge on any atom is 0.343 e. The minimum absolute atomic E-state index is 0.102. The predicted molar refractivity (Wildman–Crippen MR) is 141 cm³/mol. The molecular weight excluding hydrogens is 510 g/mol. The number of methoxy groups -OCH3 is 2. The highest BCUT2D eigenvalue weighted by atomic mass is 16.6. The molecule has 2 aromatic rings. The lowest BCUT2D eigenvalue weighted by Gasteiger charge is -2.29. The first-order chi connectivity index (χ1) is 18.5. The maximum atomic E-state index is 13.9. The molecule has 8 N–H and O–H groups in total. The Labute approximate surface area is 225 Å². The Morgan fingerprint density at radius 1 is 0.795 bits per heavy atom. The van der Waals surface area contributed by atoms with Crippen molar-refractivity contribution in [1.29, 1.82) is 0 Å². The van der Waals surface area contributed by atoms with Gasteiger partial charge < -0.3 is 41.9 Å². The quantitative estimate of drug-likeness (QED) is 0.0752. The van der Waals surface area contributed by atoms with Crippen molar-refractivity contribution in [3.63, 3.8) is 0 Å². The lowest BCUT2D eigenvalue weighted by atomic mass is 9.76. The molecule has 0 radical (unpaired) electrons. The summed E-state index contributed by atoms with van der Waals surface area (Å²) in [5.74, 6) is -3.21. The summed E-state index contributed by atoms with van der Waals surface area (Å²) in [5.41, 5.74) is 21.6. The average Bonchev–Trinajstić information content (AvgIpc) is 2.93. The van der Waals surface area contributed by atoms with Gasteiger partial charge >= 0.3 is 11.9 Å². The molecule has 1 amide bonds. The van der Waals surface area contributed by atoms with E-state index in [1.807, 2.05) is 0 Å². The van der Waals surface area contributed by atoms with Crippen molar-refractivity contribution in [3.8, 4) is 11.5 Å². The molecule has 210 valence electrons. The standard InChI is InChI=1S/C26H33N5O8/c1-36-20(32)14-38-18-8-4-16(5-9-18)22(17-6-10-19(11-7-17)39-15-21(33)37-2)23(34)26(30,24(27)35)12-3-13-31-25(28)29/h4-11,22H,3,12-15,30H2,1-2H3,(H2,27,35)(H4,28,29,31)/t26-/m1/s1. The molecule has 39 heavy (non-hydrogen) atoms. The molecule has 0 aromatic heterocycles. The van der Waals surface area contributed by atoms with Crippen molar-refractivity contribution >= 4 is 29.6 Å². The summed E-state index contributed by atoms with van der Waals surface area (Å²) in [7, 11) is 2.48. The number of carbonyl (C=O) groups is 4. The van der Waals surface area contributed by atoms with Crippen LogP contribution in [0.25, 0.3) is 0 Å². The van der Waals surface area contributed by atoms with E-state index in [-0.39, 0.29) is 38.6 Å². The number of primary amides is 1. The molecule has 0 unspecified atom stereocenters. The third kappa shape index (κ3) is 8.71. The van der Waals surface area contributed by atoms with Gasteiger partial charge in [0.2, 0.25) is 5.91 Å². The van der Waals surface area contributed by atoms with Gasteiger partial charge in [0.1, 0.15) is 11.5 Å². The summed E-state index contributed by atoms with van der Waals surface area (Å²) in [6.45, 7) is -0.450. The first-order valence-corrected chi connectivity index (χ1v) is 11.8. The fraction of sp³-hybridized carbons (Fsp3) is 0.346. The second-order valence-corrected chi connectivity index (χ2v) is 8.41. The van der Waals surface area contributed by atoms with Gasteiger partial charge in [0.15, 0.2) is 30.5 Å². The Morgan fingerprint density at radius 3 is 1.59 bits per heavy atom. The molecule has 13 nitrogen and oxygen atoms in total. The van der Waals surface area contributed by atoms with Crippen molar-refractivity contribution in [2.45, 2.75) is 24.3 Å². The van der Waals surface area contributed by atoms with Crippen molar-refractivity contribution in [2.24, 2.45) is 27.9 Å². The molecule has 0 spiro atoms. The van der Waals surface area contributed by atoms with Crippen LogP contribution >= 0.6 is 0 Å². The molecule has 2 aromatic carbocycles. The van der Waals surface area contributed by atoms with E-state index in [0.29, 0.717) is 22.6 Å². The number of amides is 1. The van der Waals surface area contributed by atoms with E-state index in [9.17, 15) is 19.2 Å². The van der Waals surface area contributed by atoms with Crippen LogP contribution in [-0.2, 0) is 28.7 Å².